The highest BCUT2D eigenvalue weighted by atomic mass is 14.9. The van der Waals surface area contributed by atoms with E-state index >= 15 is 0 Å². The third-order valence-corrected chi connectivity index (χ3v) is 5.44. The van der Waals surface area contributed by atoms with Crippen LogP contribution in [0.15, 0.2) is 59.7 Å². The Kier molecular flexibility index (Phi) is 4.35. The van der Waals surface area contributed by atoms with E-state index < -0.39 is 0 Å². The molecule has 1 aliphatic carbocycles. The normalized spacial score (nSPS) is 15.4. The first-order chi connectivity index (χ1) is 12.2. The van der Waals surface area contributed by atoms with Gasteiger partial charge in [0, 0.05) is 12.3 Å². The molecular weight excluding hydrogens is 304 g/mol. The van der Waals surface area contributed by atoms with Crippen molar-refractivity contribution in [2.75, 3.05) is 0 Å². The van der Waals surface area contributed by atoms with Gasteiger partial charge in [-0.25, -0.2) is 0 Å². The van der Waals surface area contributed by atoms with E-state index in [0.29, 0.717) is 5.92 Å². The number of hydrogen-bond acceptors (Lipinski definition) is 1. The van der Waals surface area contributed by atoms with Crippen LogP contribution in [0.1, 0.15) is 31.2 Å². The SMILES string of the molecule is Cc1c(-c2c(N=CC3CCCC3)ccc[n+]2C)ccc2ccccc12. The minimum absolute atomic E-state index is 0.649. The first kappa shape index (κ1) is 16.0. The van der Waals surface area contributed by atoms with Gasteiger partial charge in [0.1, 0.15) is 12.7 Å². The van der Waals surface area contributed by atoms with Crippen molar-refractivity contribution < 1.29 is 4.57 Å². The van der Waals surface area contributed by atoms with Gasteiger partial charge in [-0.3, -0.25) is 4.99 Å². The lowest BCUT2D eigenvalue weighted by Gasteiger charge is -2.10. The molecule has 2 aromatic carbocycles. The summed E-state index contributed by atoms with van der Waals surface area (Å²) in [7, 11) is 2.11. The highest BCUT2D eigenvalue weighted by Gasteiger charge is 2.19. The molecule has 4 rings (SSSR count). The van der Waals surface area contributed by atoms with Crippen molar-refractivity contribution in [1.29, 1.82) is 0 Å². The number of rotatable bonds is 3. The summed E-state index contributed by atoms with van der Waals surface area (Å²) in [6.07, 6.45) is 9.55. The highest BCUT2D eigenvalue weighted by molar-refractivity contribution is 5.92. The topological polar surface area (TPSA) is 16.2 Å². The number of aromatic nitrogens is 1. The Morgan fingerprint density at radius 3 is 2.64 bits per heavy atom. The van der Waals surface area contributed by atoms with Crippen LogP contribution in [-0.4, -0.2) is 6.21 Å². The molecule has 0 amide bonds. The monoisotopic (exact) mass is 329 g/mol. The third kappa shape index (κ3) is 3.09. The van der Waals surface area contributed by atoms with Crippen molar-refractivity contribution >= 4 is 22.7 Å². The van der Waals surface area contributed by atoms with E-state index in [9.17, 15) is 0 Å². The summed E-state index contributed by atoms with van der Waals surface area (Å²) in [5, 5.41) is 2.60. The molecule has 0 spiro atoms. The number of aryl methyl sites for hydroxylation is 2. The fourth-order valence-electron chi connectivity index (χ4n) is 4.01. The van der Waals surface area contributed by atoms with Crippen molar-refractivity contribution in [1.82, 2.24) is 0 Å². The van der Waals surface area contributed by atoms with Crippen molar-refractivity contribution in [3.05, 3.63) is 60.3 Å². The molecule has 0 bridgehead atoms. The Morgan fingerprint density at radius 1 is 1.00 bits per heavy atom. The highest BCUT2D eigenvalue weighted by Crippen LogP contribution is 2.33. The zero-order chi connectivity index (χ0) is 17.2. The molecule has 0 radical (unpaired) electrons. The largest absolute Gasteiger partial charge is 0.254 e. The molecule has 25 heavy (non-hydrogen) atoms. The zero-order valence-corrected chi connectivity index (χ0v) is 15.1. The number of hydrogen-bond donors (Lipinski definition) is 0. The first-order valence-electron chi connectivity index (χ1n) is 9.25. The number of pyridine rings is 1. The van der Waals surface area contributed by atoms with Gasteiger partial charge in [0.25, 0.3) is 0 Å². The van der Waals surface area contributed by atoms with Crippen LogP contribution in [-0.2, 0) is 7.05 Å². The summed E-state index contributed by atoms with van der Waals surface area (Å²) in [6, 6.07) is 17.3. The first-order valence-corrected chi connectivity index (χ1v) is 9.25. The van der Waals surface area contributed by atoms with E-state index in [1.54, 1.807) is 0 Å². The summed E-state index contributed by atoms with van der Waals surface area (Å²) < 4.78 is 2.19. The second-order valence-electron chi connectivity index (χ2n) is 7.13. The molecular formula is C23H25N2+. The van der Waals surface area contributed by atoms with Crippen LogP contribution in [0.5, 0.6) is 0 Å². The maximum absolute atomic E-state index is 4.90. The van der Waals surface area contributed by atoms with Gasteiger partial charge >= 0.3 is 0 Å². The van der Waals surface area contributed by atoms with Crippen molar-refractivity contribution in [3.63, 3.8) is 0 Å². The molecule has 1 aliphatic rings. The Hall–Kier alpha value is -2.48. The fourth-order valence-corrected chi connectivity index (χ4v) is 4.01. The minimum Gasteiger partial charge on any atom is -0.254 e. The minimum atomic E-state index is 0.649. The van der Waals surface area contributed by atoms with Gasteiger partial charge < -0.3 is 0 Å². The van der Waals surface area contributed by atoms with Crippen molar-refractivity contribution in [2.24, 2.45) is 18.0 Å². The molecule has 0 unspecified atom stereocenters. The number of nitrogens with zero attached hydrogens (tertiary/aromatic N) is 2. The van der Waals surface area contributed by atoms with Gasteiger partial charge in [-0.2, -0.15) is 4.57 Å². The van der Waals surface area contributed by atoms with Crippen LogP contribution in [0.3, 0.4) is 0 Å². The lowest BCUT2D eigenvalue weighted by atomic mass is 9.97. The van der Waals surface area contributed by atoms with Crippen LogP contribution in [0.25, 0.3) is 22.0 Å². The van der Waals surface area contributed by atoms with Gasteiger partial charge in [0.2, 0.25) is 5.69 Å². The van der Waals surface area contributed by atoms with E-state index in [0.717, 1.165) is 5.69 Å². The van der Waals surface area contributed by atoms with E-state index in [4.69, 9.17) is 4.99 Å². The van der Waals surface area contributed by atoms with Crippen LogP contribution < -0.4 is 4.57 Å². The van der Waals surface area contributed by atoms with Gasteiger partial charge in [-0.05, 0) is 54.2 Å². The maximum atomic E-state index is 4.90. The summed E-state index contributed by atoms with van der Waals surface area (Å²) in [5.41, 5.74) is 4.84. The van der Waals surface area contributed by atoms with Crippen molar-refractivity contribution in [3.8, 4) is 11.3 Å². The molecule has 1 aromatic heterocycles. The number of benzene rings is 2. The van der Waals surface area contributed by atoms with E-state index in [1.165, 1.54) is 53.3 Å². The summed E-state index contributed by atoms with van der Waals surface area (Å²) in [4.78, 5) is 4.90. The molecule has 2 nitrogen and oxygen atoms in total. The van der Waals surface area contributed by atoms with E-state index in [1.807, 2.05) is 0 Å². The Bertz CT molecular complexity index is 934. The summed E-state index contributed by atoms with van der Waals surface area (Å²) in [5.74, 6) is 0.649. The molecule has 1 fully saturated rings. The Balaban J connectivity index is 1.83. The summed E-state index contributed by atoms with van der Waals surface area (Å²) >= 11 is 0. The second-order valence-corrected chi connectivity index (χ2v) is 7.13. The van der Waals surface area contributed by atoms with Gasteiger partial charge in [0.05, 0.1) is 5.56 Å². The third-order valence-electron chi connectivity index (χ3n) is 5.44. The molecule has 0 N–H and O–H groups in total. The lowest BCUT2D eigenvalue weighted by Crippen LogP contribution is -2.30. The fraction of sp³-hybridized carbons (Fsp3) is 0.304. The van der Waals surface area contributed by atoms with Gasteiger partial charge in [-0.15, -0.1) is 0 Å². The van der Waals surface area contributed by atoms with E-state index in [2.05, 4.69) is 79.5 Å². The standard InChI is InChI=1S/C23H25N2/c1-17-20-11-6-5-10-19(20)13-14-21(17)23-22(12-7-15-25(23)2)24-16-18-8-3-4-9-18/h5-7,10-16,18H,3-4,8-9H2,1-2H3/q+1. The number of fused-ring (bicyclic) bond motifs is 1. The Morgan fingerprint density at radius 2 is 1.80 bits per heavy atom. The van der Waals surface area contributed by atoms with E-state index in [-0.39, 0.29) is 0 Å². The Labute approximate surface area is 149 Å². The lowest BCUT2D eigenvalue weighted by molar-refractivity contribution is -0.659. The van der Waals surface area contributed by atoms with Crippen LogP contribution >= 0.6 is 0 Å². The predicted octanol–water partition coefficient (Wildman–Crippen LogP) is 5.53. The zero-order valence-electron chi connectivity index (χ0n) is 15.1. The van der Waals surface area contributed by atoms with Crippen LogP contribution in [0.2, 0.25) is 0 Å². The molecule has 0 saturated heterocycles. The van der Waals surface area contributed by atoms with Crippen LogP contribution in [0.4, 0.5) is 5.69 Å². The summed E-state index contributed by atoms with van der Waals surface area (Å²) in [6.45, 7) is 2.22. The molecule has 0 aliphatic heterocycles. The molecule has 1 saturated carbocycles. The molecule has 0 atom stereocenters. The van der Waals surface area contributed by atoms with Crippen LogP contribution in [0, 0.1) is 12.8 Å². The quantitative estimate of drug-likeness (QED) is 0.443. The predicted molar refractivity (Wildman–Crippen MR) is 105 cm³/mol. The van der Waals surface area contributed by atoms with Crippen molar-refractivity contribution in [2.45, 2.75) is 32.6 Å². The molecule has 2 heteroatoms. The average Bonchev–Trinajstić information content (AvgIpc) is 3.15. The molecule has 1 heterocycles. The van der Waals surface area contributed by atoms with Gasteiger partial charge in [0.15, 0.2) is 6.20 Å². The molecule has 126 valence electrons. The molecule has 3 aromatic rings. The second kappa shape index (κ2) is 6.79. The smallest absolute Gasteiger partial charge is 0.238 e. The average molecular weight is 329 g/mol. The number of aliphatic imine (C=N–C) groups is 1. The maximum Gasteiger partial charge on any atom is 0.238 e. The van der Waals surface area contributed by atoms with Gasteiger partial charge in [-0.1, -0.05) is 43.2 Å².